The van der Waals surface area contributed by atoms with Crippen LogP contribution in [0.25, 0.3) is 11.1 Å². The molecule has 48 heavy (non-hydrogen) atoms. The van der Waals surface area contributed by atoms with Crippen molar-refractivity contribution in [2.45, 2.75) is 37.7 Å². The number of rotatable bonds is 7. The van der Waals surface area contributed by atoms with Gasteiger partial charge in [0.2, 0.25) is 5.91 Å². The van der Waals surface area contributed by atoms with Crippen molar-refractivity contribution in [3.05, 3.63) is 54.4 Å². The number of H-pyrrole nitrogens is 1. The van der Waals surface area contributed by atoms with Crippen molar-refractivity contribution >= 4 is 23.5 Å². The molecule has 262 valence electrons. The molecule has 1 aromatic heterocycles. The predicted octanol–water partition coefficient (Wildman–Crippen LogP) is 5.01. The largest absolute Gasteiger partial charge is 0.497 e. The number of benzene rings is 2. The third-order valence-electron chi connectivity index (χ3n) is 7.20. The molecule has 4 N–H and O–H groups in total. The first-order valence-electron chi connectivity index (χ1n) is 14.2. The Labute approximate surface area is 269 Å². The van der Waals surface area contributed by atoms with Crippen LogP contribution in [0.4, 0.5) is 32.0 Å². The number of anilines is 1. The van der Waals surface area contributed by atoms with Gasteiger partial charge in [-0.25, -0.2) is 9.59 Å². The highest BCUT2D eigenvalue weighted by molar-refractivity contribution is 5.95. The summed E-state index contributed by atoms with van der Waals surface area (Å²) in [6.07, 6.45) is -3.67. The van der Waals surface area contributed by atoms with E-state index in [0.717, 1.165) is 41.2 Å². The van der Waals surface area contributed by atoms with E-state index in [2.05, 4.69) is 27.5 Å². The van der Waals surface area contributed by atoms with E-state index in [1.165, 1.54) is 6.42 Å². The average Bonchev–Trinajstić information content (AvgIpc) is 3.72. The van der Waals surface area contributed by atoms with Gasteiger partial charge < -0.3 is 34.6 Å². The number of halogens is 6. The number of carbonyl (C=O) groups is 3. The number of aromatic nitrogens is 2. The lowest BCUT2D eigenvalue weighted by molar-refractivity contribution is -0.193. The third kappa shape index (κ3) is 10.8. The molecule has 3 heterocycles. The average molecular weight is 691 g/mol. The summed E-state index contributed by atoms with van der Waals surface area (Å²) >= 11 is 0. The molecule has 1 saturated heterocycles. The lowest BCUT2D eigenvalue weighted by Gasteiger charge is -2.26. The van der Waals surface area contributed by atoms with E-state index in [0.29, 0.717) is 37.1 Å². The van der Waals surface area contributed by atoms with Gasteiger partial charge in [-0.05, 0) is 74.3 Å². The molecular formula is C30H32F6N4O8. The van der Waals surface area contributed by atoms with Crippen molar-refractivity contribution < 1.29 is 65.1 Å². The Hall–Kier alpha value is -5.00. The molecule has 1 unspecified atom stereocenters. The molecule has 0 spiro atoms. The van der Waals surface area contributed by atoms with E-state index in [1.54, 1.807) is 13.3 Å². The van der Waals surface area contributed by atoms with Gasteiger partial charge in [-0.1, -0.05) is 6.07 Å². The molecule has 1 amide bonds. The summed E-state index contributed by atoms with van der Waals surface area (Å²) in [5.74, 6) is -3.69. The number of carboxylic acid groups (broad SMARTS) is 2. The maximum Gasteiger partial charge on any atom is 0.490 e. The molecule has 18 heteroatoms. The highest BCUT2D eigenvalue weighted by Gasteiger charge is 2.39. The van der Waals surface area contributed by atoms with Crippen LogP contribution in [-0.2, 0) is 20.8 Å². The van der Waals surface area contributed by atoms with Gasteiger partial charge in [0, 0.05) is 17.8 Å². The molecule has 2 atom stereocenters. The molecule has 3 aromatic rings. The van der Waals surface area contributed by atoms with Crippen LogP contribution in [0.15, 0.2) is 48.8 Å². The minimum atomic E-state index is -5.08. The number of hydrogen-bond acceptors (Lipinski definition) is 8. The second kappa shape index (κ2) is 16.2. The Kier molecular flexibility index (Phi) is 12.6. The SMILES string of the molecule is COc1ccc2c(c1)CC(C(=O)Nc1ccc(-c3cn[nH]c3)cc1OC[C@@H]1CCCN1C)CO2.O=C(O)C(F)(F)F.O=C(O)C(F)(F)F. The van der Waals surface area contributed by atoms with E-state index in [4.69, 9.17) is 34.0 Å². The van der Waals surface area contributed by atoms with Gasteiger partial charge >= 0.3 is 24.3 Å². The van der Waals surface area contributed by atoms with E-state index in [-0.39, 0.29) is 11.8 Å². The standard InChI is InChI=1S/C26H30N4O4.2C2HF3O2/c1-30-9-3-4-21(30)16-34-25-12-17(20-13-27-28-14-20)5-7-23(25)29-26(31)19-10-18-11-22(32-2)6-8-24(18)33-15-19;2*3-2(4,5)1(6)7/h5-8,11-14,19,21H,3-4,9-10,15-16H2,1-2H3,(H,27,28)(H,29,31);2*(H,6,7)/t19?,21-;;/m0../s1. The smallest absolute Gasteiger partial charge is 0.490 e. The Bertz CT molecular complexity index is 1530. The minimum absolute atomic E-state index is 0.0904. The fourth-order valence-electron chi connectivity index (χ4n) is 4.61. The second-order valence-electron chi connectivity index (χ2n) is 10.6. The van der Waals surface area contributed by atoms with Gasteiger partial charge in [0.05, 0.1) is 24.9 Å². The topological polar surface area (TPSA) is 163 Å². The summed E-state index contributed by atoms with van der Waals surface area (Å²) in [7, 11) is 3.76. The van der Waals surface area contributed by atoms with Crippen LogP contribution in [0.1, 0.15) is 18.4 Å². The fourth-order valence-corrected chi connectivity index (χ4v) is 4.61. The van der Waals surface area contributed by atoms with Crippen molar-refractivity contribution in [3.8, 4) is 28.4 Å². The Morgan fingerprint density at radius 3 is 2.25 bits per heavy atom. The highest BCUT2D eigenvalue weighted by atomic mass is 19.4. The first-order chi connectivity index (χ1) is 22.5. The van der Waals surface area contributed by atoms with Crippen LogP contribution >= 0.6 is 0 Å². The number of alkyl halides is 6. The molecule has 0 aliphatic carbocycles. The summed E-state index contributed by atoms with van der Waals surface area (Å²) in [4.78, 5) is 33.3. The number of likely N-dealkylation sites (tertiary alicyclic amines) is 1. The lowest BCUT2D eigenvalue weighted by Crippen LogP contribution is -2.33. The van der Waals surface area contributed by atoms with Gasteiger partial charge in [-0.2, -0.15) is 31.4 Å². The number of amides is 1. The van der Waals surface area contributed by atoms with Crippen LogP contribution in [0.5, 0.6) is 17.2 Å². The predicted molar refractivity (Wildman–Crippen MR) is 157 cm³/mol. The molecule has 0 radical (unpaired) electrons. The van der Waals surface area contributed by atoms with Crippen molar-refractivity contribution in [2.24, 2.45) is 5.92 Å². The number of carboxylic acids is 2. The quantitative estimate of drug-likeness (QED) is 0.248. The molecule has 2 aromatic carbocycles. The second-order valence-corrected chi connectivity index (χ2v) is 10.6. The molecule has 5 rings (SSSR count). The maximum atomic E-state index is 13.2. The number of nitrogens with zero attached hydrogens (tertiary/aromatic N) is 2. The maximum absolute atomic E-state index is 13.2. The molecule has 0 bridgehead atoms. The summed E-state index contributed by atoms with van der Waals surface area (Å²) < 4.78 is 80.9. The number of aliphatic carboxylic acids is 2. The van der Waals surface area contributed by atoms with Gasteiger partial charge in [-0.15, -0.1) is 0 Å². The molecule has 12 nitrogen and oxygen atoms in total. The number of carbonyl (C=O) groups excluding carboxylic acids is 1. The van der Waals surface area contributed by atoms with E-state index < -0.39 is 24.3 Å². The molecule has 1 fully saturated rings. The third-order valence-corrected chi connectivity index (χ3v) is 7.20. The van der Waals surface area contributed by atoms with Gasteiger partial charge in [0.15, 0.2) is 0 Å². The van der Waals surface area contributed by atoms with Crippen molar-refractivity contribution in [1.82, 2.24) is 15.1 Å². The number of hydrogen-bond donors (Lipinski definition) is 4. The summed E-state index contributed by atoms with van der Waals surface area (Å²) in [5.41, 5.74) is 3.58. The molecule has 0 saturated carbocycles. The van der Waals surface area contributed by atoms with Crippen LogP contribution in [0.3, 0.4) is 0 Å². The number of nitrogens with one attached hydrogen (secondary N) is 2. The number of ether oxygens (including phenoxy) is 3. The molecule has 2 aliphatic rings. The van der Waals surface area contributed by atoms with Crippen LogP contribution < -0.4 is 19.5 Å². The minimum Gasteiger partial charge on any atom is -0.497 e. The van der Waals surface area contributed by atoms with Crippen molar-refractivity contribution in [1.29, 1.82) is 0 Å². The zero-order chi connectivity index (χ0) is 35.6. The van der Waals surface area contributed by atoms with Crippen LogP contribution in [-0.4, -0.2) is 95.5 Å². The molecular weight excluding hydrogens is 658 g/mol. The van der Waals surface area contributed by atoms with Gasteiger partial charge in [-0.3, -0.25) is 9.89 Å². The lowest BCUT2D eigenvalue weighted by atomic mass is 9.95. The molecule has 2 aliphatic heterocycles. The number of methoxy groups -OCH3 is 1. The number of aromatic amines is 1. The number of fused-ring (bicyclic) bond motifs is 1. The van der Waals surface area contributed by atoms with E-state index >= 15 is 0 Å². The Morgan fingerprint density at radius 1 is 1.04 bits per heavy atom. The summed E-state index contributed by atoms with van der Waals surface area (Å²) in [5, 5.41) is 24.2. The first kappa shape index (κ1) is 37.5. The van der Waals surface area contributed by atoms with Crippen molar-refractivity contribution in [3.63, 3.8) is 0 Å². The summed E-state index contributed by atoms with van der Waals surface area (Å²) in [6.45, 7) is 2.00. The Balaban J connectivity index is 0.000000376. The zero-order valence-corrected chi connectivity index (χ0v) is 25.5. The summed E-state index contributed by atoms with van der Waals surface area (Å²) in [6, 6.07) is 11.9. The van der Waals surface area contributed by atoms with Crippen LogP contribution in [0, 0.1) is 5.92 Å². The van der Waals surface area contributed by atoms with E-state index in [1.807, 2.05) is 42.6 Å². The Morgan fingerprint density at radius 2 is 1.71 bits per heavy atom. The normalized spacial score (nSPS) is 17.3. The zero-order valence-electron chi connectivity index (χ0n) is 25.5. The number of likely N-dealkylation sites (N-methyl/N-ethyl adjacent to an activating group) is 1. The monoisotopic (exact) mass is 690 g/mol. The fraction of sp³-hybridized carbons (Fsp3) is 0.400. The van der Waals surface area contributed by atoms with Crippen molar-refractivity contribution in [2.75, 3.05) is 39.2 Å². The van der Waals surface area contributed by atoms with Crippen LogP contribution in [0.2, 0.25) is 0 Å². The van der Waals surface area contributed by atoms with E-state index in [9.17, 15) is 31.1 Å². The first-order valence-corrected chi connectivity index (χ1v) is 14.2. The van der Waals surface area contributed by atoms with Gasteiger partial charge in [0.25, 0.3) is 0 Å². The highest BCUT2D eigenvalue weighted by Crippen LogP contribution is 2.34. The van der Waals surface area contributed by atoms with Gasteiger partial charge in [0.1, 0.15) is 30.5 Å².